The molecule has 134 valence electrons. The molecule has 0 bridgehead atoms. The highest BCUT2D eigenvalue weighted by Crippen LogP contribution is 2.37. The summed E-state index contributed by atoms with van der Waals surface area (Å²) < 4.78 is 2.24. The summed E-state index contributed by atoms with van der Waals surface area (Å²) in [6.45, 7) is 5.07. The fourth-order valence-electron chi connectivity index (χ4n) is 3.89. The van der Waals surface area contributed by atoms with Crippen molar-refractivity contribution >= 4 is 11.8 Å². The van der Waals surface area contributed by atoms with Crippen molar-refractivity contribution in [1.29, 1.82) is 0 Å². The molecule has 1 saturated carbocycles. The molecule has 1 aliphatic carbocycles. The van der Waals surface area contributed by atoms with Crippen LogP contribution in [0.5, 0.6) is 0 Å². The first-order valence-corrected chi connectivity index (χ1v) is 9.13. The molecule has 25 heavy (non-hydrogen) atoms. The Balaban J connectivity index is 1.39. The number of piperidine rings is 1. The molecule has 4 rings (SSSR count). The van der Waals surface area contributed by atoms with E-state index in [2.05, 4.69) is 43.6 Å². The summed E-state index contributed by atoms with van der Waals surface area (Å²) in [5, 5.41) is 9.53. The Labute approximate surface area is 147 Å². The zero-order valence-electron chi connectivity index (χ0n) is 14.7. The first-order valence-electron chi connectivity index (χ1n) is 9.13. The first kappa shape index (κ1) is 16.3. The van der Waals surface area contributed by atoms with Crippen LogP contribution in [-0.2, 0) is 6.54 Å². The minimum Gasteiger partial charge on any atom is -0.393 e. The maximum absolute atomic E-state index is 9.53. The van der Waals surface area contributed by atoms with Gasteiger partial charge >= 0.3 is 0 Å². The van der Waals surface area contributed by atoms with Crippen LogP contribution in [0.3, 0.4) is 0 Å². The average molecular weight is 342 g/mol. The van der Waals surface area contributed by atoms with E-state index >= 15 is 0 Å². The van der Waals surface area contributed by atoms with Crippen LogP contribution in [0.2, 0.25) is 0 Å². The number of nitrogen functional groups attached to an aromatic ring is 1. The Hall–Kier alpha value is -2.15. The van der Waals surface area contributed by atoms with Crippen LogP contribution >= 0.6 is 0 Å². The first-order chi connectivity index (χ1) is 12.1. The van der Waals surface area contributed by atoms with Crippen LogP contribution < -0.4 is 10.6 Å². The summed E-state index contributed by atoms with van der Waals surface area (Å²) in [7, 11) is 0. The number of aliphatic hydroxyl groups is 1. The van der Waals surface area contributed by atoms with E-state index in [1.807, 2.05) is 6.20 Å². The van der Waals surface area contributed by atoms with Crippen LogP contribution in [0.15, 0.2) is 18.5 Å². The van der Waals surface area contributed by atoms with Crippen molar-refractivity contribution in [2.24, 2.45) is 5.92 Å². The molecule has 0 radical (unpaired) electrons. The quantitative estimate of drug-likeness (QED) is 0.879. The summed E-state index contributed by atoms with van der Waals surface area (Å²) in [5.74, 6) is 3.34. The summed E-state index contributed by atoms with van der Waals surface area (Å²) in [6.07, 6.45) is 7.58. The predicted octanol–water partition coefficient (Wildman–Crippen LogP) is 1.72. The van der Waals surface area contributed by atoms with Gasteiger partial charge in [-0.3, -0.25) is 0 Å². The summed E-state index contributed by atoms with van der Waals surface area (Å²) in [6, 6.07) is 2.06. The SMILES string of the molecule is Cc1nccn1CC1CCN(c2cc(C3CC(O)C3)nc(N)n2)CC1. The molecule has 2 fully saturated rings. The van der Waals surface area contributed by atoms with Gasteiger partial charge in [-0.05, 0) is 38.5 Å². The molecular weight excluding hydrogens is 316 g/mol. The molecule has 0 amide bonds. The number of nitrogens with two attached hydrogens (primary N) is 1. The molecule has 0 atom stereocenters. The van der Waals surface area contributed by atoms with Gasteiger partial charge in [0, 0.05) is 44.0 Å². The monoisotopic (exact) mass is 342 g/mol. The molecular formula is C18H26N6O. The number of hydrogen-bond donors (Lipinski definition) is 2. The van der Waals surface area contributed by atoms with Crippen LogP contribution in [-0.4, -0.2) is 43.8 Å². The summed E-state index contributed by atoms with van der Waals surface area (Å²) in [4.78, 5) is 15.4. The third kappa shape index (κ3) is 3.46. The van der Waals surface area contributed by atoms with Crippen molar-refractivity contribution in [3.05, 3.63) is 30.0 Å². The van der Waals surface area contributed by atoms with E-state index < -0.39 is 0 Å². The second-order valence-corrected chi connectivity index (χ2v) is 7.39. The van der Waals surface area contributed by atoms with Crippen LogP contribution in [0, 0.1) is 12.8 Å². The number of aliphatic hydroxyl groups excluding tert-OH is 1. The minimum atomic E-state index is -0.188. The molecule has 7 heteroatoms. The summed E-state index contributed by atoms with van der Waals surface area (Å²) in [5.41, 5.74) is 6.91. The largest absolute Gasteiger partial charge is 0.393 e. The Morgan fingerprint density at radius 3 is 2.64 bits per heavy atom. The van der Waals surface area contributed by atoms with Crippen molar-refractivity contribution in [2.75, 3.05) is 23.7 Å². The Bertz CT molecular complexity index is 731. The molecule has 2 aromatic rings. The fourth-order valence-corrected chi connectivity index (χ4v) is 3.89. The number of hydrogen-bond acceptors (Lipinski definition) is 6. The van der Waals surface area contributed by atoms with E-state index in [-0.39, 0.29) is 6.10 Å². The smallest absolute Gasteiger partial charge is 0.222 e. The number of imidazole rings is 1. The number of anilines is 2. The van der Waals surface area contributed by atoms with E-state index in [9.17, 15) is 5.11 Å². The highest BCUT2D eigenvalue weighted by Gasteiger charge is 2.31. The van der Waals surface area contributed by atoms with Crippen LogP contribution in [0.4, 0.5) is 11.8 Å². The van der Waals surface area contributed by atoms with Gasteiger partial charge in [-0.15, -0.1) is 0 Å². The van der Waals surface area contributed by atoms with Gasteiger partial charge in [-0.2, -0.15) is 4.98 Å². The maximum Gasteiger partial charge on any atom is 0.222 e. The predicted molar refractivity (Wildman–Crippen MR) is 96.3 cm³/mol. The zero-order valence-corrected chi connectivity index (χ0v) is 14.7. The normalized spacial score (nSPS) is 24.3. The van der Waals surface area contributed by atoms with E-state index in [1.165, 1.54) is 0 Å². The van der Waals surface area contributed by atoms with Gasteiger partial charge in [0.15, 0.2) is 0 Å². The lowest BCUT2D eigenvalue weighted by Gasteiger charge is -2.34. The molecule has 3 heterocycles. The van der Waals surface area contributed by atoms with Gasteiger partial charge in [0.2, 0.25) is 5.95 Å². The van der Waals surface area contributed by atoms with Gasteiger partial charge in [-0.1, -0.05) is 0 Å². The molecule has 1 aliphatic heterocycles. The van der Waals surface area contributed by atoms with Gasteiger partial charge in [0.05, 0.1) is 11.8 Å². The Morgan fingerprint density at radius 1 is 1.24 bits per heavy atom. The highest BCUT2D eigenvalue weighted by atomic mass is 16.3. The summed E-state index contributed by atoms with van der Waals surface area (Å²) >= 11 is 0. The number of aryl methyl sites for hydroxylation is 1. The van der Waals surface area contributed by atoms with Gasteiger partial charge < -0.3 is 20.3 Å². The second-order valence-electron chi connectivity index (χ2n) is 7.39. The van der Waals surface area contributed by atoms with E-state index in [4.69, 9.17) is 5.73 Å². The van der Waals surface area contributed by atoms with Crippen molar-refractivity contribution in [1.82, 2.24) is 19.5 Å². The third-order valence-electron chi connectivity index (χ3n) is 5.60. The lowest BCUT2D eigenvalue weighted by molar-refractivity contribution is 0.0732. The van der Waals surface area contributed by atoms with Crippen LogP contribution in [0.1, 0.15) is 43.1 Å². The molecule has 0 aromatic carbocycles. The topological polar surface area (TPSA) is 93.1 Å². The van der Waals surface area contributed by atoms with Crippen molar-refractivity contribution in [2.45, 2.75) is 51.2 Å². The molecule has 2 aliphatic rings. The van der Waals surface area contributed by atoms with Gasteiger partial charge in [0.25, 0.3) is 0 Å². The lowest BCUT2D eigenvalue weighted by atomic mass is 9.80. The van der Waals surface area contributed by atoms with E-state index in [0.717, 1.165) is 62.7 Å². The maximum atomic E-state index is 9.53. The molecule has 0 spiro atoms. The molecule has 2 aromatic heterocycles. The Kier molecular flexibility index (Phi) is 4.33. The van der Waals surface area contributed by atoms with Crippen molar-refractivity contribution in [3.8, 4) is 0 Å². The lowest BCUT2D eigenvalue weighted by Crippen LogP contribution is -2.36. The number of nitrogens with zero attached hydrogens (tertiary/aromatic N) is 5. The van der Waals surface area contributed by atoms with Gasteiger partial charge in [0.1, 0.15) is 11.6 Å². The minimum absolute atomic E-state index is 0.188. The zero-order chi connectivity index (χ0) is 17.4. The highest BCUT2D eigenvalue weighted by molar-refractivity contribution is 5.45. The average Bonchev–Trinajstić information content (AvgIpc) is 2.97. The van der Waals surface area contributed by atoms with Crippen LogP contribution in [0.25, 0.3) is 0 Å². The standard InChI is InChI=1S/C18H26N6O/c1-12-20-4-7-24(12)11-13-2-5-23(6-3-13)17-10-16(21-18(19)22-17)14-8-15(25)9-14/h4,7,10,13-15,25H,2-3,5-6,8-9,11H2,1H3,(H2,19,21,22). The molecule has 3 N–H and O–H groups in total. The van der Waals surface area contributed by atoms with E-state index in [0.29, 0.717) is 17.8 Å². The number of rotatable bonds is 4. The Morgan fingerprint density at radius 2 is 2.00 bits per heavy atom. The molecule has 7 nitrogen and oxygen atoms in total. The fraction of sp³-hybridized carbons (Fsp3) is 0.611. The molecule has 1 saturated heterocycles. The second kappa shape index (κ2) is 6.63. The third-order valence-corrected chi connectivity index (χ3v) is 5.60. The van der Waals surface area contributed by atoms with Crippen molar-refractivity contribution < 1.29 is 5.11 Å². The van der Waals surface area contributed by atoms with Gasteiger partial charge in [-0.25, -0.2) is 9.97 Å². The van der Waals surface area contributed by atoms with E-state index in [1.54, 1.807) is 0 Å². The number of aromatic nitrogens is 4. The molecule has 0 unspecified atom stereocenters. The van der Waals surface area contributed by atoms with Crippen molar-refractivity contribution in [3.63, 3.8) is 0 Å².